The van der Waals surface area contributed by atoms with Gasteiger partial charge in [-0.25, -0.2) is 13.4 Å². The molecule has 0 saturated carbocycles. The summed E-state index contributed by atoms with van der Waals surface area (Å²) >= 11 is 0. The van der Waals surface area contributed by atoms with Crippen LogP contribution in [0.3, 0.4) is 0 Å². The van der Waals surface area contributed by atoms with Crippen molar-refractivity contribution in [3.05, 3.63) is 24.0 Å². The molecule has 2 heterocycles. The van der Waals surface area contributed by atoms with E-state index in [0.29, 0.717) is 6.54 Å². The number of hydrogen-bond acceptors (Lipinski definition) is 4. The van der Waals surface area contributed by atoms with E-state index >= 15 is 0 Å². The van der Waals surface area contributed by atoms with Gasteiger partial charge >= 0.3 is 0 Å². The average molecular weight is 293 g/mol. The van der Waals surface area contributed by atoms with Gasteiger partial charge in [-0.3, -0.25) is 0 Å². The van der Waals surface area contributed by atoms with E-state index in [1.165, 1.54) is 12.3 Å². The Balaban J connectivity index is 2.45. The summed E-state index contributed by atoms with van der Waals surface area (Å²) in [5.74, 6) is 0. The van der Waals surface area contributed by atoms with Crippen LogP contribution < -0.4 is 0 Å². The molecule has 1 aliphatic rings. The quantitative estimate of drug-likeness (QED) is 0.857. The van der Waals surface area contributed by atoms with Crippen LogP contribution >= 0.6 is 0 Å². The highest BCUT2D eigenvalue weighted by molar-refractivity contribution is 7.89. The van der Waals surface area contributed by atoms with Crippen molar-refractivity contribution >= 4 is 10.0 Å². The van der Waals surface area contributed by atoms with Crippen molar-refractivity contribution in [1.82, 2.24) is 9.29 Å². The highest BCUT2D eigenvalue weighted by Crippen LogP contribution is 2.27. The fraction of sp³-hybridized carbons (Fsp3) is 0.571. The van der Waals surface area contributed by atoms with Gasteiger partial charge in [-0.2, -0.15) is 9.57 Å². The van der Waals surface area contributed by atoms with Gasteiger partial charge in [-0.15, -0.1) is 0 Å². The first-order chi connectivity index (χ1) is 9.61. The maximum absolute atomic E-state index is 12.8. The maximum Gasteiger partial charge on any atom is 0.246 e. The summed E-state index contributed by atoms with van der Waals surface area (Å²) < 4.78 is 27.2. The molecular weight excluding hydrogens is 274 g/mol. The number of sulfonamides is 1. The van der Waals surface area contributed by atoms with E-state index in [9.17, 15) is 8.42 Å². The molecule has 1 fully saturated rings. The molecule has 0 amide bonds. The Kier molecular flexibility index (Phi) is 4.73. The topological polar surface area (TPSA) is 74.1 Å². The van der Waals surface area contributed by atoms with Gasteiger partial charge in [0.15, 0.2) is 5.69 Å². The van der Waals surface area contributed by atoms with Gasteiger partial charge in [0.05, 0.1) is 0 Å². The Bertz CT molecular complexity index is 607. The molecule has 108 valence electrons. The second-order valence-corrected chi connectivity index (χ2v) is 6.85. The van der Waals surface area contributed by atoms with Gasteiger partial charge in [0.25, 0.3) is 0 Å². The van der Waals surface area contributed by atoms with Gasteiger partial charge in [0, 0.05) is 18.8 Å². The third-order valence-corrected chi connectivity index (χ3v) is 5.74. The predicted molar refractivity (Wildman–Crippen MR) is 75.4 cm³/mol. The van der Waals surface area contributed by atoms with Crippen LogP contribution in [0.2, 0.25) is 0 Å². The van der Waals surface area contributed by atoms with Crippen LogP contribution in [-0.2, 0) is 10.0 Å². The van der Waals surface area contributed by atoms with Crippen molar-refractivity contribution in [3.63, 3.8) is 0 Å². The first-order valence-electron chi connectivity index (χ1n) is 6.98. The van der Waals surface area contributed by atoms with Crippen molar-refractivity contribution in [2.75, 3.05) is 6.54 Å². The number of nitriles is 1. The van der Waals surface area contributed by atoms with Crippen LogP contribution in [0.15, 0.2) is 23.2 Å². The van der Waals surface area contributed by atoms with Gasteiger partial charge in [-0.05, 0) is 31.4 Å². The van der Waals surface area contributed by atoms with Crippen molar-refractivity contribution in [3.8, 4) is 6.07 Å². The average Bonchev–Trinajstić information content (AvgIpc) is 2.72. The number of pyridine rings is 1. The molecule has 1 atom stereocenters. The summed E-state index contributed by atoms with van der Waals surface area (Å²) in [6.07, 6.45) is 6.11. The third-order valence-electron chi connectivity index (χ3n) is 3.76. The normalized spacial score (nSPS) is 21.1. The van der Waals surface area contributed by atoms with E-state index in [4.69, 9.17) is 5.26 Å². The van der Waals surface area contributed by atoms with Crippen molar-refractivity contribution in [2.45, 2.75) is 50.0 Å². The van der Waals surface area contributed by atoms with Gasteiger partial charge in [0.1, 0.15) is 11.0 Å². The molecular formula is C14H19N3O2S. The minimum Gasteiger partial charge on any atom is -0.244 e. The molecule has 0 radical (unpaired) electrons. The zero-order chi connectivity index (χ0) is 14.6. The summed E-state index contributed by atoms with van der Waals surface area (Å²) in [5, 5.41) is 9.06. The van der Waals surface area contributed by atoms with Crippen molar-refractivity contribution in [2.24, 2.45) is 0 Å². The van der Waals surface area contributed by atoms with Crippen LogP contribution in [0.1, 0.15) is 44.7 Å². The molecule has 5 nitrogen and oxygen atoms in total. The first kappa shape index (κ1) is 14.9. The zero-order valence-electron chi connectivity index (χ0n) is 11.6. The largest absolute Gasteiger partial charge is 0.246 e. The lowest BCUT2D eigenvalue weighted by Gasteiger charge is -2.28. The predicted octanol–water partition coefficient (Wildman–Crippen LogP) is 2.30. The molecule has 1 aromatic heterocycles. The molecule has 1 aromatic rings. The Morgan fingerprint density at radius 1 is 1.45 bits per heavy atom. The first-order valence-corrected chi connectivity index (χ1v) is 8.42. The Morgan fingerprint density at radius 3 is 2.95 bits per heavy atom. The molecule has 0 bridgehead atoms. The summed E-state index contributed by atoms with van der Waals surface area (Å²) in [7, 11) is -3.64. The van der Waals surface area contributed by atoms with E-state index in [1.54, 1.807) is 10.4 Å². The molecule has 1 saturated heterocycles. The molecule has 0 aromatic carbocycles. The minimum absolute atomic E-state index is 0.0217. The van der Waals surface area contributed by atoms with Gasteiger partial charge in [-0.1, -0.05) is 19.8 Å². The van der Waals surface area contributed by atoms with Crippen LogP contribution in [-0.4, -0.2) is 30.3 Å². The molecule has 20 heavy (non-hydrogen) atoms. The van der Waals surface area contributed by atoms with Gasteiger partial charge < -0.3 is 0 Å². The van der Waals surface area contributed by atoms with E-state index in [2.05, 4.69) is 4.98 Å². The highest BCUT2D eigenvalue weighted by atomic mass is 32.2. The molecule has 1 unspecified atom stereocenters. The van der Waals surface area contributed by atoms with Gasteiger partial charge in [0.2, 0.25) is 10.0 Å². The minimum atomic E-state index is -3.64. The Labute approximate surface area is 120 Å². The van der Waals surface area contributed by atoms with Crippen LogP contribution in [0.4, 0.5) is 0 Å². The molecule has 0 aliphatic carbocycles. The van der Waals surface area contributed by atoms with Crippen molar-refractivity contribution < 1.29 is 8.42 Å². The Morgan fingerprint density at radius 2 is 2.25 bits per heavy atom. The second-order valence-electron chi connectivity index (χ2n) is 4.99. The fourth-order valence-corrected chi connectivity index (χ4v) is 4.55. The van der Waals surface area contributed by atoms with E-state index < -0.39 is 10.0 Å². The molecule has 6 heteroatoms. The zero-order valence-corrected chi connectivity index (χ0v) is 12.4. The lowest BCUT2D eigenvalue weighted by Crippen LogP contribution is -2.40. The van der Waals surface area contributed by atoms with E-state index in [1.807, 2.05) is 13.0 Å². The SMILES string of the molecule is CCC1CCCCCN1S(=O)(=O)c1cccnc1C#N. The second kappa shape index (κ2) is 6.33. The van der Waals surface area contributed by atoms with Crippen molar-refractivity contribution in [1.29, 1.82) is 5.26 Å². The molecule has 0 N–H and O–H groups in total. The highest BCUT2D eigenvalue weighted by Gasteiger charge is 2.33. The molecule has 0 spiro atoms. The summed E-state index contributed by atoms with van der Waals surface area (Å²) in [6, 6.07) is 4.93. The maximum atomic E-state index is 12.8. The Hall–Kier alpha value is -1.45. The lowest BCUT2D eigenvalue weighted by molar-refractivity contribution is 0.315. The van der Waals surface area contributed by atoms with E-state index in [-0.39, 0.29) is 16.6 Å². The number of aromatic nitrogens is 1. The fourth-order valence-electron chi connectivity index (χ4n) is 2.68. The third kappa shape index (κ3) is 2.84. The summed E-state index contributed by atoms with van der Waals surface area (Å²) in [6.45, 7) is 2.54. The summed E-state index contributed by atoms with van der Waals surface area (Å²) in [5.41, 5.74) is -0.0217. The monoisotopic (exact) mass is 293 g/mol. The molecule has 1 aliphatic heterocycles. The number of hydrogen-bond donors (Lipinski definition) is 0. The van der Waals surface area contributed by atoms with Crippen LogP contribution in [0, 0.1) is 11.3 Å². The molecule has 2 rings (SSSR count). The standard InChI is InChI=1S/C14H19N3O2S/c1-2-12-7-4-3-5-10-17(12)20(18,19)14-8-6-9-16-13(14)11-15/h6,8-9,12H,2-5,7,10H2,1H3. The number of rotatable bonds is 3. The number of nitrogens with zero attached hydrogens (tertiary/aromatic N) is 3. The van der Waals surface area contributed by atoms with Crippen LogP contribution in [0.25, 0.3) is 0 Å². The summed E-state index contributed by atoms with van der Waals surface area (Å²) in [4.78, 5) is 3.90. The van der Waals surface area contributed by atoms with E-state index in [0.717, 1.165) is 32.1 Å². The van der Waals surface area contributed by atoms with Crippen LogP contribution in [0.5, 0.6) is 0 Å². The lowest BCUT2D eigenvalue weighted by atomic mass is 10.1. The smallest absolute Gasteiger partial charge is 0.244 e.